The Hall–Kier alpha value is -0.980. The molecule has 1 aromatic carbocycles. The van der Waals surface area contributed by atoms with Gasteiger partial charge in [-0.25, -0.2) is 0 Å². The van der Waals surface area contributed by atoms with Gasteiger partial charge in [0, 0.05) is 12.3 Å². The Bertz CT molecular complexity index is 436. The summed E-state index contributed by atoms with van der Waals surface area (Å²) in [5, 5.41) is 40.0. The van der Waals surface area contributed by atoms with E-state index in [9.17, 15) is 20.4 Å². The summed E-state index contributed by atoms with van der Waals surface area (Å²) in [6, 6.07) is 9.04. The number of rotatable bonds is 1. The van der Waals surface area contributed by atoms with E-state index >= 15 is 0 Å². The second-order valence-electron chi connectivity index (χ2n) is 5.03. The first-order valence-corrected chi connectivity index (χ1v) is 6.02. The Morgan fingerprint density at radius 2 is 1.78 bits per heavy atom. The van der Waals surface area contributed by atoms with Gasteiger partial charge in [-0.05, 0) is 5.56 Å². The Morgan fingerprint density at radius 3 is 2.44 bits per heavy atom. The van der Waals surface area contributed by atoms with E-state index in [4.69, 9.17) is 4.74 Å². The quantitative estimate of drug-likeness (QED) is 0.533. The molecule has 98 valence electrons. The number of fused-ring (bicyclic) bond motifs is 1. The normalized spacial score (nSPS) is 47.2. The highest BCUT2D eigenvalue weighted by Crippen LogP contribution is 2.53. The third kappa shape index (κ3) is 1.46. The number of aliphatic hydroxyl groups excluding tert-OH is 3. The van der Waals surface area contributed by atoms with Crippen LogP contribution in [-0.4, -0.2) is 50.6 Å². The lowest BCUT2D eigenvalue weighted by Gasteiger charge is -2.60. The summed E-state index contributed by atoms with van der Waals surface area (Å²) in [5.74, 6) is -0.591. The van der Waals surface area contributed by atoms with Crippen molar-refractivity contribution < 1.29 is 25.2 Å². The van der Waals surface area contributed by atoms with Crippen LogP contribution in [0.25, 0.3) is 0 Å². The van der Waals surface area contributed by atoms with Crippen molar-refractivity contribution in [2.24, 2.45) is 0 Å². The van der Waals surface area contributed by atoms with Crippen molar-refractivity contribution in [1.29, 1.82) is 0 Å². The molecule has 0 radical (unpaired) electrons. The van der Waals surface area contributed by atoms with Crippen LogP contribution >= 0.6 is 0 Å². The lowest BCUT2D eigenvalue weighted by molar-refractivity contribution is -0.353. The molecule has 4 N–H and O–H groups in total. The van der Waals surface area contributed by atoms with E-state index in [1.807, 2.05) is 18.2 Å². The molecule has 2 fully saturated rings. The monoisotopic (exact) mass is 252 g/mol. The molecular formula is C13H16O5. The minimum absolute atomic E-state index is 0.0525. The summed E-state index contributed by atoms with van der Waals surface area (Å²) < 4.78 is 5.12. The van der Waals surface area contributed by atoms with Gasteiger partial charge in [-0.15, -0.1) is 0 Å². The zero-order valence-electron chi connectivity index (χ0n) is 9.68. The van der Waals surface area contributed by atoms with Gasteiger partial charge < -0.3 is 25.2 Å². The molecule has 1 aromatic rings. The second-order valence-corrected chi connectivity index (χ2v) is 5.03. The number of benzene rings is 1. The molecule has 2 unspecified atom stereocenters. The van der Waals surface area contributed by atoms with Gasteiger partial charge in [0.2, 0.25) is 0 Å². The Morgan fingerprint density at radius 1 is 1.11 bits per heavy atom. The largest absolute Gasteiger partial charge is 0.390 e. The molecule has 5 heteroatoms. The van der Waals surface area contributed by atoms with Crippen LogP contribution in [0.4, 0.5) is 0 Å². The Balaban J connectivity index is 1.94. The van der Waals surface area contributed by atoms with E-state index in [-0.39, 0.29) is 6.42 Å². The molecule has 0 amide bonds. The fourth-order valence-electron chi connectivity index (χ4n) is 3.10. The van der Waals surface area contributed by atoms with E-state index in [1.54, 1.807) is 12.1 Å². The molecule has 1 aliphatic heterocycles. The van der Waals surface area contributed by atoms with Gasteiger partial charge in [0.05, 0.1) is 12.2 Å². The number of aliphatic hydroxyl groups is 4. The molecule has 2 aliphatic rings. The average molecular weight is 252 g/mol. The van der Waals surface area contributed by atoms with Crippen molar-refractivity contribution in [3.63, 3.8) is 0 Å². The van der Waals surface area contributed by atoms with Crippen molar-refractivity contribution >= 4 is 0 Å². The van der Waals surface area contributed by atoms with Crippen LogP contribution < -0.4 is 0 Å². The molecule has 0 bridgehead atoms. The van der Waals surface area contributed by atoms with Gasteiger partial charge in [0.15, 0.2) is 6.29 Å². The van der Waals surface area contributed by atoms with Crippen molar-refractivity contribution in [3.05, 3.63) is 35.9 Å². The van der Waals surface area contributed by atoms with E-state index in [0.29, 0.717) is 0 Å². The van der Waals surface area contributed by atoms with Crippen molar-refractivity contribution in [1.82, 2.24) is 0 Å². The highest BCUT2D eigenvalue weighted by atomic mass is 16.6. The van der Waals surface area contributed by atoms with Gasteiger partial charge >= 0.3 is 0 Å². The van der Waals surface area contributed by atoms with Crippen LogP contribution in [0.15, 0.2) is 30.3 Å². The maximum atomic E-state index is 10.6. The SMILES string of the molecule is OC1C(c2ccccc2)[C@@]2(O)[C@@H]1O[C@@H](O)C[C@@H]2O. The van der Waals surface area contributed by atoms with Gasteiger partial charge in [-0.1, -0.05) is 30.3 Å². The average Bonchev–Trinajstić information content (AvgIpc) is 2.36. The van der Waals surface area contributed by atoms with Crippen LogP contribution in [-0.2, 0) is 4.74 Å². The molecule has 1 saturated carbocycles. The zero-order valence-corrected chi connectivity index (χ0v) is 9.68. The Kier molecular flexibility index (Phi) is 2.69. The maximum absolute atomic E-state index is 10.6. The third-order valence-electron chi connectivity index (χ3n) is 4.03. The first kappa shape index (κ1) is 12.1. The molecule has 5 nitrogen and oxygen atoms in total. The summed E-state index contributed by atoms with van der Waals surface area (Å²) in [6.45, 7) is 0. The molecule has 0 spiro atoms. The highest BCUT2D eigenvalue weighted by Gasteiger charge is 2.68. The number of hydrogen-bond donors (Lipinski definition) is 4. The van der Waals surface area contributed by atoms with Crippen LogP contribution in [0.2, 0.25) is 0 Å². The summed E-state index contributed by atoms with van der Waals surface area (Å²) in [4.78, 5) is 0. The lowest BCUT2D eigenvalue weighted by Crippen LogP contribution is -2.76. The standard InChI is InChI=1S/C13H16O5/c14-8-6-9(15)18-12-11(16)10(13(8,12)17)7-4-2-1-3-5-7/h1-5,8-12,14-17H,6H2/t8-,9+,10?,11?,12+,13+/m0/s1. The summed E-state index contributed by atoms with van der Waals surface area (Å²) >= 11 is 0. The van der Waals surface area contributed by atoms with Gasteiger partial charge in [-0.3, -0.25) is 0 Å². The van der Waals surface area contributed by atoms with Crippen molar-refractivity contribution in [2.45, 2.75) is 42.5 Å². The lowest BCUT2D eigenvalue weighted by atomic mass is 9.57. The van der Waals surface area contributed by atoms with Gasteiger partial charge in [0.1, 0.15) is 11.7 Å². The summed E-state index contributed by atoms with van der Waals surface area (Å²) in [7, 11) is 0. The summed E-state index contributed by atoms with van der Waals surface area (Å²) in [5.41, 5.74) is -0.775. The Labute approximate surface area is 104 Å². The molecule has 1 saturated heterocycles. The highest BCUT2D eigenvalue weighted by molar-refractivity contribution is 5.34. The topological polar surface area (TPSA) is 90.2 Å². The van der Waals surface area contributed by atoms with E-state index in [0.717, 1.165) is 5.56 Å². The zero-order chi connectivity index (χ0) is 12.9. The van der Waals surface area contributed by atoms with Gasteiger partial charge in [-0.2, -0.15) is 0 Å². The number of ether oxygens (including phenoxy) is 1. The minimum Gasteiger partial charge on any atom is -0.390 e. The molecule has 6 atom stereocenters. The molecule has 3 rings (SSSR count). The van der Waals surface area contributed by atoms with Crippen LogP contribution in [0.3, 0.4) is 0 Å². The van der Waals surface area contributed by atoms with E-state index in [1.165, 1.54) is 0 Å². The van der Waals surface area contributed by atoms with Crippen molar-refractivity contribution in [2.75, 3.05) is 0 Å². The van der Waals surface area contributed by atoms with E-state index < -0.39 is 36.1 Å². The van der Waals surface area contributed by atoms with Gasteiger partial charge in [0.25, 0.3) is 0 Å². The predicted octanol–water partition coefficient (Wildman–Crippen LogP) is -0.656. The molecular weight excluding hydrogens is 236 g/mol. The first-order chi connectivity index (χ1) is 8.55. The fourth-order valence-corrected chi connectivity index (χ4v) is 3.10. The third-order valence-corrected chi connectivity index (χ3v) is 4.03. The second kappa shape index (κ2) is 4.01. The van der Waals surface area contributed by atoms with Crippen LogP contribution in [0.5, 0.6) is 0 Å². The predicted molar refractivity (Wildman–Crippen MR) is 61.6 cm³/mol. The molecule has 0 aromatic heterocycles. The smallest absolute Gasteiger partial charge is 0.157 e. The maximum Gasteiger partial charge on any atom is 0.157 e. The molecule has 1 heterocycles. The summed E-state index contributed by atoms with van der Waals surface area (Å²) in [6.07, 6.45) is -4.18. The minimum atomic E-state index is -1.53. The van der Waals surface area contributed by atoms with Crippen molar-refractivity contribution in [3.8, 4) is 0 Å². The molecule has 1 aliphatic carbocycles. The first-order valence-electron chi connectivity index (χ1n) is 6.02. The van der Waals surface area contributed by atoms with Crippen LogP contribution in [0, 0.1) is 0 Å². The van der Waals surface area contributed by atoms with Crippen LogP contribution in [0.1, 0.15) is 17.9 Å². The van der Waals surface area contributed by atoms with E-state index in [2.05, 4.69) is 0 Å². The fraction of sp³-hybridized carbons (Fsp3) is 0.538. The molecule has 18 heavy (non-hydrogen) atoms. The number of hydrogen-bond acceptors (Lipinski definition) is 5.